The lowest BCUT2D eigenvalue weighted by Crippen LogP contribution is -2.28. The first-order valence-electron chi connectivity index (χ1n) is 11.8. The van der Waals surface area contributed by atoms with Crippen LogP contribution in [-0.4, -0.2) is 63.9 Å². The maximum Gasteiger partial charge on any atom is 0.185 e. The number of rotatable bonds is 10. The maximum atomic E-state index is 13.3. The van der Waals surface area contributed by atoms with Gasteiger partial charge >= 0.3 is 0 Å². The Bertz CT molecular complexity index is 1150. The van der Waals surface area contributed by atoms with Crippen LogP contribution in [0.25, 0.3) is 17.2 Å². The van der Waals surface area contributed by atoms with E-state index >= 15 is 0 Å². The Balaban J connectivity index is 1.97. The lowest BCUT2D eigenvalue weighted by molar-refractivity contribution is 0.104. The van der Waals surface area contributed by atoms with E-state index in [2.05, 4.69) is 87.2 Å². The van der Waals surface area contributed by atoms with Gasteiger partial charge in [0.25, 0.3) is 0 Å². The molecule has 0 saturated carbocycles. The zero-order chi connectivity index (χ0) is 24.7. The first-order valence-corrected chi connectivity index (χ1v) is 11.8. The molecule has 3 aromatic carbocycles. The first-order chi connectivity index (χ1) is 16.2. The molecule has 0 amide bonds. The third-order valence-corrected chi connectivity index (χ3v) is 5.94. The average molecular weight is 456 g/mol. The second-order valence-electron chi connectivity index (χ2n) is 9.44. The van der Waals surface area contributed by atoms with E-state index in [1.807, 2.05) is 42.5 Å². The summed E-state index contributed by atoms with van der Waals surface area (Å²) in [6.45, 7) is 4.77. The van der Waals surface area contributed by atoms with E-state index in [0.717, 1.165) is 42.0 Å². The average Bonchev–Trinajstić information content (AvgIpc) is 2.81. The highest BCUT2D eigenvalue weighted by Gasteiger charge is 2.12. The number of nitrogens with zero attached hydrogens (tertiary/aromatic N) is 3. The molecule has 34 heavy (non-hydrogen) atoms. The van der Waals surface area contributed by atoms with Gasteiger partial charge in [-0.2, -0.15) is 0 Å². The van der Waals surface area contributed by atoms with Gasteiger partial charge in [-0.25, -0.2) is 0 Å². The van der Waals surface area contributed by atoms with Crippen LogP contribution in [0.2, 0.25) is 0 Å². The van der Waals surface area contributed by atoms with Crippen molar-refractivity contribution in [2.45, 2.75) is 13.5 Å². The molecule has 0 spiro atoms. The van der Waals surface area contributed by atoms with Gasteiger partial charge < -0.3 is 14.7 Å². The fourth-order valence-corrected chi connectivity index (χ4v) is 3.95. The summed E-state index contributed by atoms with van der Waals surface area (Å²) in [5.41, 5.74) is 7.44. The normalized spacial score (nSPS) is 11.5. The SMILES string of the molecule is Cc1ccccc1-c1cc(C(=O)C=Cc2ccccc2CN(C)C)cc(N(C)CCN(C)C)c1. The molecule has 0 radical (unpaired) electrons. The van der Waals surface area contributed by atoms with Gasteiger partial charge in [0.05, 0.1) is 0 Å². The van der Waals surface area contributed by atoms with Crippen LogP contribution >= 0.6 is 0 Å². The van der Waals surface area contributed by atoms with Crippen LogP contribution < -0.4 is 4.90 Å². The Morgan fingerprint density at radius 3 is 2.24 bits per heavy atom. The molecule has 0 aliphatic heterocycles. The number of ketones is 1. The summed E-state index contributed by atoms with van der Waals surface area (Å²) in [4.78, 5) is 19.9. The summed E-state index contributed by atoms with van der Waals surface area (Å²) >= 11 is 0. The molecule has 0 atom stereocenters. The molecule has 4 heteroatoms. The smallest absolute Gasteiger partial charge is 0.185 e. The molecule has 0 saturated heterocycles. The van der Waals surface area contributed by atoms with Crippen LogP contribution in [0.15, 0.2) is 72.8 Å². The van der Waals surface area contributed by atoms with Crippen molar-refractivity contribution in [1.82, 2.24) is 9.80 Å². The van der Waals surface area contributed by atoms with E-state index < -0.39 is 0 Å². The van der Waals surface area contributed by atoms with Crippen molar-refractivity contribution in [3.63, 3.8) is 0 Å². The summed E-state index contributed by atoms with van der Waals surface area (Å²) in [6, 6.07) is 22.8. The second kappa shape index (κ2) is 11.8. The zero-order valence-corrected chi connectivity index (χ0v) is 21.4. The second-order valence-corrected chi connectivity index (χ2v) is 9.44. The minimum absolute atomic E-state index is 0.0114. The largest absolute Gasteiger partial charge is 0.373 e. The number of benzene rings is 3. The number of likely N-dealkylation sites (N-methyl/N-ethyl adjacent to an activating group) is 2. The highest BCUT2D eigenvalue weighted by Crippen LogP contribution is 2.29. The molecule has 3 aromatic rings. The molecule has 0 fully saturated rings. The number of carbonyl (C=O) groups is 1. The highest BCUT2D eigenvalue weighted by molar-refractivity contribution is 6.08. The lowest BCUT2D eigenvalue weighted by atomic mass is 9.96. The summed E-state index contributed by atoms with van der Waals surface area (Å²) in [7, 11) is 10.3. The Kier molecular flexibility index (Phi) is 8.80. The number of carbonyl (C=O) groups excluding carboxylic acids is 1. The Hall–Kier alpha value is -3.21. The summed E-state index contributed by atoms with van der Waals surface area (Å²) in [5.74, 6) is 0.0114. The van der Waals surface area contributed by atoms with Crippen molar-refractivity contribution in [3.05, 3.63) is 95.1 Å². The maximum absolute atomic E-state index is 13.3. The quantitative estimate of drug-likeness (QED) is 0.293. The van der Waals surface area contributed by atoms with E-state index in [1.165, 1.54) is 11.1 Å². The molecule has 0 unspecified atom stereocenters. The lowest BCUT2D eigenvalue weighted by Gasteiger charge is -2.23. The van der Waals surface area contributed by atoms with Gasteiger partial charge in [0.15, 0.2) is 5.78 Å². The molecule has 3 rings (SSSR count). The van der Waals surface area contributed by atoms with E-state index in [-0.39, 0.29) is 5.78 Å². The first kappa shape index (κ1) is 25.4. The topological polar surface area (TPSA) is 26.8 Å². The fraction of sp³-hybridized carbons (Fsp3) is 0.300. The fourth-order valence-electron chi connectivity index (χ4n) is 3.95. The molecular weight excluding hydrogens is 418 g/mol. The van der Waals surface area contributed by atoms with Gasteiger partial charge in [-0.3, -0.25) is 4.79 Å². The monoisotopic (exact) mass is 455 g/mol. The summed E-state index contributed by atoms with van der Waals surface area (Å²) < 4.78 is 0. The molecule has 0 heterocycles. The number of allylic oxidation sites excluding steroid dienone is 1. The number of anilines is 1. The minimum atomic E-state index is 0.0114. The Labute approximate surface area is 205 Å². The minimum Gasteiger partial charge on any atom is -0.373 e. The van der Waals surface area contributed by atoms with Crippen LogP contribution in [0, 0.1) is 6.92 Å². The molecular formula is C30H37N3O. The zero-order valence-electron chi connectivity index (χ0n) is 21.4. The molecule has 178 valence electrons. The summed E-state index contributed by atoms with van der Waals surface area (Å²) in [5, 5.41) is 0. The third kappa shape index (κ3) is 6.89. The molecule has 0 aromatic heterocycles. The Morgan fingerprint density at radius 2 is 1.53 bits per heavy atom. The molecule has 0 N–H and O–H groups in total. The predicted octanol–water partition coefficient (Wildman–Crippen LogP) is 5.62. The highest BCUT2D eigenvalue weighted by atomic mass is 16.1. The van der Waals surface area contributed by atoms with Crippen molar-refractivity contribution < 1.29 is 4.79 Å². The van der Waals surface area contributed by atoms with Crippen molar-refractivity contribution in [3.8, 4) is 11.1 Å². The summed E-state index contributed by atoms with van der Waals surface area (Å²) in [6.07, 6.45) is 3.64. The van der Waals surface area contributed by atoms with Crippen LogP contribution in [0.4, 0.5) is 5.69 Å². The molecule has 0 aliphatic rings. The number of hydrogen-bond donors (Lipinski definition) is 0. The standard InChI is InChI=1S/C30H37N3O/c1-23-11-7-10-14-29(23)26-19-27(21-28(20-26)33(6)18-17-31(2)3)30(34)16-15-24-12-8-9-13-25(24)22-32(4)5/h7-16,19-21H,17-18,22H2,1-6H3. The van der Waals surface area contributed by atoms with Crippen molar-refractivity contribution in [1.29, 1.82) is 0 Å². The molecule has 0 aliphatic carbocycles. The van der Waals surface area contributed by atoms with E-state index in [0.29, 0.717) is 5.56 Å². The van der Waals surface area contributed by atoms with E-state index in [1.54, 1.807) is 6.08 Å². The van der Waals surface area contributed by atoms with Gasteiger partial charge in [0, 0.05) is 37.9 Å². The van der Waals surface area contributed by atoms with Gasteiger partial charge in [-0.1, -0.05) is 54.6 Å². The van der Waals surface area contributed by atoms with Crippen LogP contribution in [0.5, 0.6) is 0 Å². The van der Waals surface area contributed by atoms with E-state index in [9.17, 15) is 4.79 Å². The number of aryl methyl sites for hydroxylation is 1. The van der Waals surface area contributed by atoms with Crippen molar-refractivity contribution in [2.24, 2.45) is 0 Å². The Morgan fingerprint density at radius 1 is 0.824 bits per heavy atom. The predicted molar refractivity (Wildman–Crippen MR) is 146 cm³/mol. The van der Waals surface area contributed by atoms with Gasteiger partial charge in [0.1, 0.15) is 0 Å². The van der Waals surface area contributed by atoms with Crippen molar-refractivity contribution >= 4 is 17.5 Å². The van der Waals surface area contributed by atoms with Crippen LogP contribution in [0.3, 0.4) is 0 Å². The molecule has 4 nitrogen and oxygen atoms in total. The van der Waals surface area contributed by atoms with Gasteiger partial charge in [0.2, 0.25) is 0 Å². The van der Waals surface area contributed by atoms with Gasteiger partial charge in [-0.05, 0) is 87.2 Å². The van der Waals surface area contributed by atoms with Gasteiger partial charge in [-0.15, -0.1) is 0 Å². The van der Waals surface area contributed by atoms with E-state index in [4.69, 9.17) is 0 Å². The third-order valence-electron chi connectivity index (χ3n) is 5.94. The molecule has 0 bridgehead atoms. The van der Waals surface area contributed by atoms with Crippen LogP contribution in [-0.2, 0) is 6.54 Å². The van der Waals surface area contributed by atoms with Crippen LogP contribution in [0.1, 0.15) is 27.0 Å². The number of hydrogen-bond acceptors (Lipinski definition) is 4. The van der Waals surface area contributed by atoms with Crippen molar-refractivity contribution in [2.75, 3.05) is 53.2 Å².